The van der Waals surface area contributed by atoms with Crippen molar-refractivity contribution in [1.82, 2.24) is 0 Å². The van der Waals surface area contributed by atoms with Crippen molar-refractivity contribution in [1.29, 1.82) is 15.8 Å². The Hall–Kier alpha value is -3.49. The number of nitriles is 3. The number of benzene rings is 1. The molecule has 0 fully saturated rings. The third kappa shape index (κ3) is 4.02. The molecule has 5 nitrogen and oxygen atoms in total. The van der Waals surface area contributed by atoms with Crippen molar-refractivity contribution in [3.05, 3.63) is 58.4 Å². The first-order chi connectivity index (χ1) is 12.9. The highest BCUT2D eigenvalue weighted by atomic mass is 16.5. The average Bonchev–Trinajstić information content (AvgIpc) is 2.92. The van der Waals surface area contributed by atoms with Crippen LogP contribution < -0.4 is 4.90 Å². The Balaban J connectivity index is 2.41. The second kappa shape index (κ2) is 8.26. The molecule has 0 radical (unpaired) electrons. The Morgan fingerprint density at radius 3 is 2.11 bits per heavy atom. The summed E-state index contributed by atoms with van der Waals surface area (Å²) in [5, 5.41) is 27.8. The summed E-state index contributed by atoms with van der Waals surface area (Å²) in [6, 6.07) is 13.8. The van der Waals surface area contributed by atoms with E-state index >= 15 is 0 Å². The zero-order valence-corrected chi connectivity index (χ0v) is 16.1. The van der Waals surface area contributed by atoms with Crippen LogP contribution in [0, 0.1) is 34.0 Å². The smallest absolute Gasteiger partial charge is 0.172 e. The SMILES string of the molecule is CCN(CC)c1ccc(/C=C/C2=C(C#N)C(=C(C#N)C#N)OC2(C)C)cc1. The summed E-state index contributed by atoms with van der Waals surface area (Å²) in [7, 11) is 0. The standard InChI is InChI=1S/C22H22N4O/c1-5-26(6-2)18-10-7-16(8-11-18)9-12-20-19(15-25)21(17(13-23)14-24)27-22(20,3)4/h7-12H,5-6H2,1-4H3/b12-9+. The Morgan fingerprint density at radius 1 is 1.04 bits per heavy atom. The van der Waals surface area contributed by atoms with Crippen LogP contribution in [0.3, 0.4) is 0 Å². The van der Waals surface area contributed by atoms with Crippen LogP contribution in [-0.4, -0.2) is 18.7 Å². The maximum Gasteiger partial charge on any atom is 0.172 e. The Morgan fingerprint density at radius 2 is 1.63 bits per heavy atom. The monoisotopic (exact) mass is 358 g/mol. The van der Waals surface area contributed by atoms with Gasteiger partial charge in [-0.05, 0) is 45.4 Å². The molecule has 1 aliphatic rings. The van der Waals surface area contributed by atoms with Crippen LogP contribution in [0.25, 0.3) is 6.08 Å². The molecular formula is C22H22N4O. The maximum absolute atomic E-state index is 9.55. The molecule has 0 unspecified atom stereocenters. The van der Waals surface area contributed by atoms with Crippen molar-refractivity contribution >= 4 is 11.8 Å². The molecule has 2 rings (SSSR count). The number of hydrogen-bond acceptors (Lipinski definition) is 5. The highest BCUT2D eigenvalue weighted by Gasteiger charge is 2.38. The molecule has 1 aliphatic heterocycles. The van der Waals surface area contributed by atoms with E-state index in [4.69, 9.17) is 15.3 Å². The summed E-state index contributed by atoms with van der Waals surface area (Å²) in [6.07, 6.45) is 3.73. The molecule has 0 aliphatic carbocycles. The number of rotatable bonds is 5. The number of ether oxygens (including phenoxy) is 1. The van der Waals surface area contributed by atoms with Crippen LogP contribution in [0.4, 0.5) is 5.69 Å². The number of allylic oxidation sites excluding steroid dienone is 2. The van der Waals surface area contributed by atoms with E-state index in [0.717, 1.165) is 24.3 Å². The highest BCUT2D eigenvalue weighted by Crippen LogP contribution is 2.40. The molecule has 0 aromatic heterocycles. The first-order valence-corrected chi connectivity index (χ1v) is 8.83. The number of nitrogens with zero attached hydrogens (tertiary/aromatic N) is 4. The summed E-state index contributed by atoms with van der Waals surface area (Å²) in [5.74, 6) is 0.0593. The van der Waals surface area contributed by atoms with Crippen molar-refractivity contribution in [2.45, 2.75) is 33.3 Å². The molecule has 1 heterocycles. The van der Waals surface area contributed by atoms with Crippen molar-refractivity contribution in [2.24, 2.45) is 0 Å². The lowest BCUT2D eigenvalue weighted by Crippen LogP contribution is -2.21. The zero-order valence-electron chi connectivity index (χ0n) is 16.1. The minimum Gasteiger partial charge on any atom is -0.480 e. The molecule has 27 heavy (non-hydrogen) atoms. The van der Waals surface area contributed by atoms with Gasteiger partial charge in [0.15, 0.2) is 11.3 Å². The minimum absolute atomic E-state index is 0.0593. The zero-order chi connectivity index (χ0) is 20.0. The van der Waals surface area contributed by atoms with Gasteiger partial charge < -0.3 is 9.64 Å². The van der Waals surface area contributed by atoms with Gasteiger partial charge in [0, 0.05) is 24.4 Å². The van der Waals surface area contributed by atoms with Crippen LogP contribution >= 0.6 is 0 Å². The first kappa shape index (κ1) is 19.8. The van der Waals surface area contributed by atoms with Crippen LogP contribution in [0.15, 0.2) is 52.8 Å². The van der Waals surface area contributed by atoms with E-state index in [1.807, 2.05) is 38.1 Å². The number of anilines is 1. The molecule has 0 saturated heterocycles. The van der Waals surface area contributed by atoms with Gasteiger partial charge in [-0.15, -0.1) is 0 Å². The predicted octanol–water partition coefficient (Wildman–Crippen LogP) is 4.48. The Kier molecular flexibility index (Phi) is 6.07. The van der Waals surface area contributed by atoms with Gasteiger partial charge in [-0.1, -0.05) is 24.3 Å². The fraction of sp³-hybridized carbons (Fsp3) is 0.318. The van der Waals surface area contributed by atoms with Crippen LogP contribution in [0.2, 0.25) is 0 Å². The minimum atomic E-state index is -0.795. The quantitative estimate of drug-likeness (QED) is 0.725. The lowest BCUT2D eigenvalue weighted by Gasteiger charge is -2.21. The fourth-order valence-electron chi connectivity index (χ4n) is 3.05. The normalized spacial score (nSPS) is 15.1. The van der Waals surface area contributed by atoms with E-state index in [1.165, 1.54) is 0 Å². The highest BCUT2D eigenvalue weighted by molar-refractivity contribution is 5.65. The lowest BCUT2D eigenvalue weighted by molar-refractivity contribution is 0.0954. The number of hydrogen-bond donors (Lipinski definition) is 0. The summed E-state index contributed by atoms with van der Waals surface area (Å²) in [5.41, 5.74) is 2.05. The van der Waals surface area contributed by atoms with Gasteiger partial charge in [0.05, 0.1) is 0 Å². The van der Waals surface area contributed by atoms with Gasteiger partial charge in [-0.3, -0.25) is 0 Å². The molecule has 0 N–H and O–H groups in total. The Bertz CT molecular complexity index is 909. The molecule has 0 saturated carbocycles. The molecular weight excluding hydrogens is 336 g/mol. The van der Waals surface area contributed by atoms with Gasteiger partial charge in [0.1, 0.15) is 29.4 Å². The third-order valence-electron chi connectivity index (χ3n) is 4.53. The van der Waals surface area contributed by atoms with Crippen molar-refractivity contribution in [3.63, 3.8) is 0 Å². The van der Waals surface area contributed by atoms with E-state index in [2.05, 4.69) is 36.9 Å². The Labute approximate surface area is 160 Å². The third-order valence-corrected chi connectivity index (χ3v) is 4.53. The molecule has 136 valence electrons. The van der Waals surface area contributed by atoms with E-state index in [9.17, 15) is 5.26 Å². The van der Waals surface area contributed by atoms with Crippen molar-refractivity contribution in [3.8, 4) is 18.2 Å². The van der Waals surface area contributed by atoms with Gasteiger partial charge in [0.25, 0.3) is 0 Å². The van der Waals surface area contributed by atoms with E-state index in [-0.39, 0.29) is 16.9 Å². The summed E-state index contributed by atoms with van der Waals surface area (Å²) in [6.45, 7) is 9.77. The summed E-state index contributed by atoms with van der Waals surface area (Å²) in [4.78, 5) is 2.26. The van der Waals surface area contributed by atoms with Gasteiger partial charge in [0.2, 0.25) is 0 Å². The average molecular weight is 358 g/mol. The largest absolute Gasteiger partial charge is 0.480 e. The van der Waals surface area contributed by atoms with Gasteiger partial charge in [-0.25, -0.2) is 0 Å². The maximum atomic E-state index is 9.55. The predicted molar refractivity (Wildman–Crippen MR) is 105 cm³/mol. The van der Waals surface area contributed by atoms with E-state index in [0.29, 0.717) is 5.57 Å². The van der Waals surface area contributed by atoms with Crippen LogP contribution in [0.1, 0.15) is 33.3 Å². The second-order valence-electron chi connectivity index (χ2n) is 6.54. The van der Waals surface area contributed by atoms with E-state index in [1.54, 1.807) is 12.1 Å². The lowest BCUT2D eigenvalue weighted by atomic mass is 9.94. The molecule has 0 atom stereocenters. The van der Waals surface area contributed by atoms with Crippen molar-refractivity contribution < 1.29 is 4.74 Å². The van der Waals surface area contributed by atoms with Gasteiger partial charge in [-0.2, -0.15) is 15.8 Å². The fourth-order valence-corrected chi connectivity index (χ4v) is 3.05. The molecule has 0 amide bonds. The molecule has 5 heteroatoms. The van der Waals surface area contributed by atoms with E-state index < -0.39 is 5.60 Å². The molecule has 1 aromatic rings. The molecule has 0 bridgehead atoms. The molecule has 1 aromatic carbocycles. The van der Waals surface area contributed by atoms with Gasteiger partial charge >= 0.3 is 0 Å². The summed E-state index contributed by atoms with van der Waals surface area (Å²) >= 11 is 0. The summed E-state index contributed by atoms with van der Waals surface area (Å²) < 4.78 is 5.76. The topological polar surface area (TPSA) is 83.8 Å². The van der Waals surface area contributed by atoms with Crippen LogP contribution in [0.5, 0.6) is 0 Å². The van der Waals surface area contributed by atoms with Crippen molar-refractivity contribution in [2.75, 3.05) is 18.0 Å². The second-order valence-corrected chi connectivity index (χ2v) is 6.54. The molecule has 0 spiro atoms. The first-order valence-electron chi connectivity index (χ1n) is 8.83. The van der Waals surface area contributed by atoms with Crippen LogP contribution in [-0.2, 0) is 4.74 Å².